The van der Waals surface area contributed by atoms with Crippen molar-refractivity contribution in [2.75, 3.05) is 27.2 Å². The van der Waals surface area contributed by atoms with E-state index in [1.165, 1.54) is 6.20 Å². The first kappa shape index (κ1) is 15.1. The molecule has 1 rings (SSSR count). The van der Waals surface area contributed by atoms with Gasteiger partial charge in [0.1, 0.15) is 15.9 Å². The van der Waals surface area contributed by atoms with Crippen LogP contribution in [0.1, 0.15) is 19.2 Å². The number of hydrogen-bond acceptors (Lipinski definition) is 4. The molecule has 1 heterocycles. The van der Waals surface area contributed by atoms with Crippen LogP contribution in [0.4, 0.5) is 0 Å². The molecule has 0 saturated carbocycles. The van der Waals surface area contributed by atoms with Crippen molar-refractivity contribution in [3.63, 3.8) is 0 Å². The Bertz CT molecular complexity index is 479. The Morgan fingerprint density at radius 3 is 2.67 bits per heavy atom. The van der Waals surface area contributed by atoms with Gasteiger partial charge in [-0.1, -0.05) is 0 Å². The highest BCUT2D eigenvalue weighted by molar-refractivity contribution is 7.84. The third kappa shape index (κ3) is 5.16. The van der Waals surface area contributed by atoms with Crippen LogP contribution in [0.15, 0.2) is 12.4 Å². The van der Waals surface area contributed by atoms with Crippen LogP contribution in [-0.4, -0.2) is 54.2 Å². The van der Waals surface area contributed by atoms with Crippen LogP contribution in [0, 0.1) is 0 Å². The summed E-state index contributed by atoms with van der Waals surface area (Å²) in [6, 6.07) is 0. The van der Waals surface area contributed by atoms with Crippen LogP contribution in [0.3, 0.4) is 0 Å². The molecule has 0 aliphatic heterocycles. The number of nitrogens with zero attached hydrogens (tertiary/aromatic N) is 3. The molecule has 18 heavy (non-hydrogen) atoms. The number of aryl methyl sites for hydroxylation is 1. The van der Waals surface area contributed by atoms with Gasteiger partial charge in [-0.05, 0) is 6.92 Å². The zero-order valence-corrected chi connectivity index (χ0v) is 12.0. The molecule has 0 aromatic carbocycles. The molecule has 0 aliphatic carbocycles. The van der Waals surface area contributed by atoms with E-state index < -0.39 is 15.9 Å². The molecule has 7 heteroatoms. The minimum atomic E-state index is -4.26. The molecule has 0 amide bonds. The van der Waals surface area contributed by atoms with E-state index in [1.807, 2.05) is 0 Å². The SMILES string of the molecule is CC[N+](C)(C)CCCn1ccnc1CS(=O)(=O)[O-]. The maximum Gasteiger partial charge on any atom is 0.122 e. The first-order valence-corrected chi connectivity index (χ1v) is 7.57. The standard InChI is InChI=1S/C11H21N3O3S/c1-4-14(2,3)9-5-7-13-8-6-12-11(13)10-18(15,16)17/h6,8H,4-5,7,9-10H2,1-3H3. The first-order chi connectivity index (χ1) is 8.23. The van der Waals surface area contributed by atoms with Gasteiger partial charge in [-0.25, -0.2) is 13.4 Å². The maximum atomic E-state index is 10.7. The smallest absolute Gasteiger partial charge is 0.122 e. The van der Waals surface area contributed by atoms with E-state index in [1.54, 1.807) is 10.8 Å². The molecule has 0 radical (unpaired) electrons. The zero-order chi connectivity index (χ0) is 13.8. The number of imidazole rings is 1. The van der Waals surface area contributed by atoms with Crippen molar-refractivity contribution in [1.29, 1.82) is 0 Å². The highest BCUT2D eigenvalue weighted by Gasteiger charge is 2.12. The molecule has 0 N–H and O–H groups in total. The summed E-state index contributed by atoms with van der Waals surface area (Å²) in [7, 11) is 0.0345. The fraction of sp³-hybridized carbons (Fsp3) is 0.727. The van der Waals surface area contributed by atoms with E-state index in [4.69, 9.17) is 0 Å². The molecule has 0 atom stereocenters. The number of quaternary nitrogens is 1. The normalized spacial score (nSPS) is 12.9. The van der Waals surface area contributed by atoms with Crippen LogP contribution < -0.4 is 0 Å². The van der Waals surface area contributed by atoms with E-state index >= 15 is 0 Å². The molecule has 104 valence electrons. The van der Waals surface area contributed by atoms with Gasteiger partial charge in [-0.3, -0.25) is 0 Å². The Hall–Kier alpha value is -0.920. The van der Waals surface area contributed by atoms with Crippen molar-refractivity contribution < 1.29 is 17.5 Å². The topological polar surface area (TPSA) is 75.0 Å². The summed E-state index contributed by atoms with van der Waals surface area (Å²) in [4.78, 5) is 3.92. The highest BCUT2D eigenvalue weighted by Crippen LogP contribution is 2.06. The number of hydrogen-bond donors (Lipinski definition) is 0. The summed E-state index contributed by atoms with van der Waals surface area (Å²) >= 11 is 0. The van der Waals surface area contributed by atoms with Gasteiger partial charge in [0.25, 0.3) is 0 Å². The average molecular weight is 275 g/mol. The molecule has 0 unspecified atom stereocenters. The molecule has 1 aromatic rings. The molecule has 0 aliphatic rings. The average Bonchev–Trinajstić information content (AvgIpc) is 2.63. The molecule has 6 nitrogen and oxygen atoms in total. The fourth-order valence-corrected chi connectivity index (χ4v) is 2.23. The molecular weight excluding hydrogens is 254 g/mol. The fourth-order valence-electron chi connectivity index (χ4n) is 1.67. The van der Waals surface area contributed by atoms with Gasteiger partial charge < -0.3 is 13.6 Å². The van der Waals surface area contributed by atoms with Gasteiger partial charge in [0.15, 0.2) is 0 Å². The Kier molecular flexibility index (Phi) is 4.89. The van der Waals surface area contributed by atoms with Gasteiger partial charge in [0.05, 0.1) is 32.9 Å². The summed E-state index contributed by atoms with van der Waals surface area (Å²) in [6.45, 7) is 4.86. The van der Waals surface area contributed by atoms with Gasteiger partial charge in [-0.15, -0.1) is 0 Å². The van der Waals surface area contributed by atoms with E-state index in [-0.39, 0.29) is 0 Å². The lowest BCUT2D eigenvalue weighted by molar-refractivity contribution is -0.888. The molecule has 1 aromatic heterocycles. The molecule has 0 spiro atoms. The monoisotopic (exact) mass is 275 g/mol. The molecule has 0 saturated heterocycles. The Morgan fingerprint density at radius 1 is 1.44 bits per heavy atom. The predicted molar refractivity (Wildman–Crippen MR) is 67.8 cm³/mol. The van der Waals surface area contributed by atoms with E-state index in [2.05, 4.69) is 26.0 Å². The Morgan fingerprint density at radius 2 is 2.11 bits per heavy atom. The van der Waals surface area contributed by atoms with Crippen molar-refractivity contribution in [2.24, 2.45) is 0 Å². The summed E-state index contributed by atoms with van der Waals surface area (Å²) in [5, 5.41) is 0. The van der Waals surface area contributed by atoms with Gasteiger partial charge in [0.2, 0.25) is 0 Å². The Balaban J connectivity index is 2.56. The van der Waals surface area contributed by atoms with Gasteiger partial charge in [0, 0.05) is 25.4 Å². The van der Waals surface area contributed by atoms with Crippen molar-refractivity contribution in [1.82, 2.24) is 9.55 Å². The Labute approximate surface area is 109 Å². The lowest BCUT2D eigenvalue weighted by Gasteiger charge is -2.28. The first-order valence-electron chi connectivity index (χ1n) is 5.99. The lowest BCUT2D eigenvalue weighted by atomic mass is 10.3. The van der Waals surface area contributed by atoms with Crippen molar-refractivity contribution >= 4 is 10.1 Å². The third-order valence-corrected chi connectivity index (χ3v) is 3.74. The van der Waals surface area contributed by atoms with Crippen LogP contribution in [0.25, 0.3) is 0 Å². The summed E-state index contributed by atoms with van der Waals surface area (Å²) < 4.78 is 34.8. The number of rotatable bonds is 7. The van der Waals surface area contributed by atoms with Crippen LogP contribution in [0.5, 0.6) is 0 Å². The summed E-state index contributed by atoms with van der Waals surface area (Å²) in [5.74, 6) is -0.210. The van der Waals surface area contributed by atoms with Crippen LogP contribution in [0.2, 0.25) is 0 Å². The van der Waals surface area contributed by atoms with Crippen LogP contribution in [-0.2, 0) is 22.4 Å². The minimum Gasteiger partial charge on any atom is -0.748 e. The second kappa shape index (κ2) is 5.81. The van der Waals surface area contributed by atoms with Gasteiger partial charge >= 0.3 is 0 Å². The lowest BCUT2D eigenvalue weighted by Crippen LogP contribution is -2.40. The molecule has 0 fully saturated rings. The second-order valence-electron chi connectivity index (χ2n) is 5.07. The quantitative estimate of drug-likeness (QED) is 0.534. The van der Waals surface area contributed by atoms with E-state index in [0.717, 1.165) is 24.0 Å². The molecular formula is C11H21N3O3S. The van der Waals surface area contributed by atoms with Gasteiger partial charge in [-0.2, -0.15) is 0 Å². The minimum absolute atomic E-state index is 0.326. The van der Waals surface area contributed by atoms with Crippen molar-refractivity contribution in [3.8, 4) is 0 Å². The van der Waals surface area contributed by atoms with E-state index in [0.29, 0.717) is 12.4 Å². The highest BCUT2D eigenvalue weighted by atomic mass is 32.2. The predicted octanol–water partition coefficient (Wildman–Crippen LogP) is 0.415. The maximum absolute atomic E-state index is 10.7. The van der Waals surface area contributed by atoms with Crippen molar-refractivity contribution in [3.05, 3.63) is 18.2 Å². The largest absolute Gasteiger partial charge is 0.748 e. The zero-order valence-electron chi connectivity index (χ0n) is 11.2. The summed E-state index contributed by atoms with van der Waals surface area (Å²) in [6.07, 6.45) is 4.16. The van der Waals surface area contributed by atoms with Crippen LogP contribution >= 0.6 is 0 Å². The summed E-state index contributed by atoms with van der Waals surface area (Å²) in [5.41, 5.74) is 0. The second-order valence-corrected chi connectivity index (χ2v) is 6.47. The van der Waals surface area contributed by atoms with Crippen molar-refractivity contribution in [2.45, 2.75) is 25.6 Å². The number of aromatic nitrogens is 2. The van der Waals surface area contributed by atoms with E-state index in [9.17, 15) is 13.0 Å². The molecule has 0 bridgehead atoms. The third-order valence-electron chi connectivity index (χ3n) is 3.13.